The fraction of sp³-hybridized carbons (Fsp3) is 0.364. The topological polar surface area (TPSA) is 92.1 Å². The molecule has 45 heavy (non-hydrogen) atoms. The van der Waals surface area contributed by atoms with Gasteiger partial charge in [-0.25, -0.2) is 8.42 Å². The summed E-state index contributed by atoms with van der Waals surface area (Å²) in [6.45, 7) is 3.44. The molecule has 8 nitrogen and oxygen atoms in total. The lowest BCUT2D eigenvalue weighted by Crippen LogP contribution is -2.48. The van der Waals surface area contributed by atoms with Crippen LogP contribution in [-0.4, -0.2) is 72.1 Å². The van der Waals surface area contributed by atoms with Crippen LogP contribution in [0.2, 0.25) is 0 Å². The number of nitrogens with zero attached hydrogens (tertiary/aromatic N) is 3. The first-order valence-corrected chi connectivity index (χ1v) is 16.0. The molecule has 1 amide bonds. The van der Waals surface area contributed by atoms with Crippen LogP contribution in [0, 0.1) is 5.92 Å². The molecular formula is C33H36F3N3O5S. The molecule has 0 saturated heterocycles. The number of ether oxygens (including phenoxy) is 1. The third kappa shape index (κ3) is 6.24. The maximum absolute atomic E-state index is 14.5. The van der Waals surface area contributed by atoms with Crippen LogP contribution in [0.3, 0.4) is 0 Å². The second-order valence-electron chi connectivity index (χ2n) is 11.6. The normalized spacial score (nSPS) is 18.9. The lowest BCUT2D eigenvalue weighted by atomic mass is 9.96. The zero-order valence-electron chi connectivity index (χ0n) is 25.5. The number of rotatable bonds is 6. The Morgan fingerprint density at radius 3 is 2.36 bits per heavy atom. The third-order valence-corrected chi connectivity index (χ3v) is 10.4. The van der Waals surface area contributed by atoms with Gasteiger partial charge in [-0.2, -0.15) is 17.5 Å². The Hall–Kier alpha value is -3.71. The fourth-order valence-corrected chi connectivity index (χ4v) is 7.06. The van der Waals surface area contributed by atoms with Crippen molar-refractivity contribution in [2.24, 2.45) is 13.0 Å². The van der Waals surface area contributed by atoms with Gasteiger partial charge in [-0.05, 0) is 48.4 Å². The molecule has 12 heteroatoms. The van der Waals surface area contributed by atoms with E-state index in [1.165, 1.54) is 7.05 Å². The minimum Gasteiger partial charge on any atom is -0.394 e. The predicted octanol–water partition coefficient (Wildman–Crippen LogP) is 5.54. The monoisotopic (exact) mass is 643 g/mol. The van der Waals surface area contributed by atoms with Crippen molar-refractivity contribution >= 4 is 26.8 Å². The number of carbonyl (C=O) groups is 1. The van der Waals surface area contributed by atoms with Crippen LogP contribution in [0.15, 0.2) is 77.7 Å². The van der Waals surface area contributed by atoms with Crippen molar-refractivity contribution in [3.63, 3.8) is 0 Å². The summed E-state index contributed by atoms with van der Waals surface area (Å²) >= 11 is 0. The Kier molecular flexibility index (Phi) is 9.14. The van der Waals surface area contributed by atoms with E-state index in [1.54, 1.807) is 11.8 Å². The Balaban J connectivity index is 1.56. The van der Waals surface area contributed by atoms with E-state index in [-0.39, 0.29) is 37.1 Å². The van der Waals surface area contributed by atoms with E-state index in [1.807, 2.05) is 67.1 Å². The molecule has 2 heterocycles. The van der Waals surface area contributed by atoms with Gasteiger partial charge in [0.15, 0.2) is 0 Å². The van der Waals surface area contributed by atoms with Gasteiger partial charge in [-0.15, -0.1) is 0 Å². The SMILES string of the molecule is C[C@H](CO)N1C[C@H](C)[C@H](CN(C)S(=O)(=O)c2ccc(C(F)(F)F)cc2)OCc2ccccc2-c2c(n(C)c3ccccc23)C1=O. The molecule has 0 spiro atoms. The smallest absolute Gasteiger partial charge is 0.394 e. The molecule has 1 N–H and O–H groups in total. The average Bonchev–Trinajstić information content (AvgIpc) is 3.31. The van der Waals surface area contributed by atoms with Gasteiger partial charge in [0.05, 0.1) is 35.8 Å². The fourth-order valence-electron chi connectivity index (χ4n) is 5.87. The zero-order chi connectivity index (χ0) is 32.7. The highest BCUT2D eigenvalue weighted by atomic mass is 32.2. The molecular weight excluding hydrogens is 607 g/mol. The summed E-state index contributed by atoms with van der Waals surface area (Å²) in [7, 11) is -0.986. The molecule has 1 aromatic heterocycles. The van der Waals surface area contributed by atoms with Crippen molar-refractivity contribution in [2.75, 3.05) is 26.7 Å². The molecule has 1 aliphatic heterocycles. The number of aryl methyl sites for hydroxylation is 1. The molecule has 4 aromatic rings. The van der Waals surface area contributed by atoms with Crippen LogP contribution in [0.4, 0.5) is 13.2 Å². The number of amides is 1. The number of likely N-dealkylation sites (N-methyl/N-ethyl adjacent to an activating group) is 1. The number of fused-ring (bicyclic) bond motifs is 5. The number of aliphatic hydroxyl groups excluding tert-OH is 1. The average molecular weight is 644 g/mol. The van der Waals surface area contributed by atoms with Crippen LogP contribution in [-0.2, 0) is 34.6 Å². The first-order chi connectivity index (χ1) is 21.3. The molecule has 0 aliphatic carbocycles. The number of halogens is 3. The number of aromatic nitrogens is 1. The van der Waals surface area contributed by atoms with E-state index in [0.717, 1.165) is 56.2 Å². The van der Waals surface area contributed by atoms with Crippen molar-refractivity contribution in [1.82, 2.24) is 13.8 Å². The van der Waals surface area contributed by atoms with Crippen LogP contribution in [0.5, 0.6) is 0 Å². The minimum atomic E-state index is -4.59. The van der Waals surface area contributed by atoms with Crippen LogP contribution in [0.25, 0.3) is 22.0 Å². The van der Waals surface area contributed by atoms with Gasteiger partial charge in [0.2, 0.25) is 10.0 Å². The van der Waals surface area contributed by atoms with Crippen molar-refractivity contribution in [3.05, 3.63) is 89.6 Å². The molecule has 3 aromatic carbocycles. The number of hydrogen-bond acceptors (Lipinski definition) is 5. The van der Waals surface area contributed by atoms with E-state index < -0.39 is 39.8 Å². The Bertz CT molecular complexity index is 1800. The summed E-state index contributed by atoms with van der Waals surface area (Å²) in [6, 6.07) is 18.1. The minimum absolute atomic E-state index is 0.117. The number of para-hydroxylation sites is 1. The molecule has 1 aliphatic rings. The maximum Gasteiger partial charge on any atom is 0.416 e. The summed E-state index contributed by atoms with van der Waals surface area (Å²) in [5, 5.41) is 11.1. The summed E-state index contributed by atoms with van der Waals surface area (Å²) in [5.74, 6) is -0.685. The van der Waals surface area contributed by atoms with Gasteiger partial charge in [-0.1, -0.05) is 49.4 Å². The largest absolute Gasteiger partial charge is 0.416 e. The van der Waals surface area contributed by atoms with E-state index >= 15 is 0 Å². The number of carbonyl (C=O) groups excluding carboxylic acids is 1. The number of sulfonamides is 1. The van der Waals surface area contributed by atoms with Gasteiger partial charge in [0, 0.05) is 49.6 Å². The molecule has 5 rings (SSSR count). The standard InChI is InChI=1S/C33H36F3N3O5S/c1-21-17-39(22(2)19-40)32(41)31-30(27-11-7-8-12-28(27)38(31)4)26-10-6-5-9-23(26)20-44-29(21)18-37(3)45(42,43)25-15-13-24(14-16-25)33(34,35)36/h5-16,21-22,29,40H,17-20H2,1-4H3/t21-,22+,29-/m0/s1. The van der Waals surface area contributed by atoms with E-state index in [2.05, 4.69) is 0 Å². The molecule has 0 bridgehead atoms. The third-order valence-electron chi connectivity index (χ3n) is 8.55. The number of benzene rings is 3. The second kappa shape index (κ2) is 12.6. The summed E-state index contributed by atoms with van der Waals surface area (Å²) in [6.07, 6.45) is -5.31. The second-order valence-corrected chi connectivity index (χ2v) is 13.6. The van der Waals surface area contributed by atoms with Crippen LogP contribution >= 0.6 is 0 Å². The number of alkyl halides is 3. The molecule has 240 valence electrons. The van der Waals surface area contributed by atoms with E-state index in [0.29, 0.717) is 5.69 Å². The Labute approximate surface area is 260 Å². The highest BCUT2D eigenvalue weighted by molar-refractivity contribution is 7.89. The molecule has 0 radical (unpaired) electrons. The van der Waals surface area contributed by atoms with Crippen LogP contribution in [0.1, 0.15) is 35.5 Å². The molecule has 0 saturated carbocycles. The van der Waals surface area contributed by atoms with Crippen molar-refractivity contribution in [3.8, 4) is 11.1 Å². The van der Waals surface area contributed by atoms with Crippen molar-refractivity contribution < 1.29 is 36.2 Å². The first-order valence-electron chi connectivity index (χ1n) is 14.6. The van der Waals surface area contributed by atoms with Gasteiger partial charge in [0.1, 0.15) is 5.69 Å². The maximum atomic E-state index is 14.5. The van der Waals surface area contributed by atoms with Gasteiger partial charge in [-0.3, -0.25) is 4.79 Å². The summed E-state index contributed by atoms with van der Waals surface area (Å²) in [4.78, 5) is 15.8. The molecule has 0 fully saturated rings. The Morgan fingerprint density at radius 1 is 1.04 bits per heavy atom. The van der Waals surface area contributed by atoms with Crippen molar-refractivity contribution in [2.45, 2.75) is 43.7 Å². The zero-order valence-corrected chi connectivity index (χ0v) is 26.3. The first kappa shape index (κ1) is 32.7. The summed E-state index contributed by atoms with van der Waals surface area (Å²) in [5.41, 5.74) is 2.75. The van der Waals surface area contributed by atoms with E-state index in [9.17, 15) is 31.5 Å². The molecule has 3 atom stereocenters. The van der Waals surface area contributed by atoms with Gasteiger partial charge >= 0.3 is 6.18 Å². The lowest BCUT2D eigenvalue weighted by Gasteiger charge is -2.35. The highest BCUT2D eigenvalue weighted by Crippen LogP contribution is 2.38. The number of aliphatic hydroxyl groups is 1. The highest BCUT2D eigenvalue weighted by Gasteiger charge is 2.35. The van der Waals surface area contributed by atoms with Crippen molar-refractivity contribution in [1.29, 1.82) is 0 Å². The van der Waals surface area contributed by atoms with Gasteiger partial charge < -0.3 is 19.3 Å². The summed E-state index contributed by atoms with van der Waals surface area (Å²) < 4.78 is 75.5. The van der Waals surface area contributed by atoms with E-state index in [4.69, 9.17) is 4.74 Å². The Morgan fingerprint density at radius 2 is 1.69 bits per heavy atom. The molecule has 0 unspecified atom stereocenters. The predicted molar refractivity (Wildman–Crippen MR) is 165 cm³/mol. The van der Waals surface area contributed by atoms with Gasteiger partial charge in [0.25, 0.3) is 5.91 Å². The quantitative estimate of drug-likeness (QED) is 0.298. The lowest BCUT2D eigenvalue weighted by molar-refractivity contribution is -0.137. The van der Waals surface area contributed by atoms with Crippen LogP contribution < -0.4 is 0 Å². The number of hydrogen-bond donors (Lipinski definition) is 1.